The predicted molar refractivity (Wildman–Crippen MR) is 93.2 cm³/mol. The van der Waals surface area contributed by atoms with Crippen LogP contribution in [0.25, 0.3) is 11.3 Å². The van der Waals surface area contributed by atoms with E-state index in [0.717, 1.165) is 24.1 Å². The van der Waals surface area contributed by atoms with Crippen molar-refractivity contribution >= 4 is 0 Å². The molecule has 0 spiro atoms. The van der Waals surface area contributed by atoms with E-state index in [1.54, 1.807) is 6.07 Å². The topological polar surface area (TPSA) is 64.7 Å². The first-order chi connectivity index (χ1) is 13.8. The molecule has 2 heterocycles. The van der Waals surface area contributed by atoms with E-state index >= 15 is 0 Å². The summed E-state index contributed by atoms with van der Waals surface area (Å²) in [5, 5.41) is 15.8. The number of nitrogens with zero attached hydrogens (tertiary/aromatic N) is 4. The van der Waals surface area contributed by atoms with Crippen molar-refractivity contribution in [1.82, 2.24) is 20.4 Å². The second-order valence-corrected chi connectivity index (χ2v) is 8.09. The minimum Gasteiger partial charge on any atom is -0.419 e. The number of halogens is 4. The Morgan fingerprint density at radius 1 is 1.07 bits per heavy atom. The second kappa shape index (κ2) is 5.84. The zero-order valence-corrected chi connectivity index (χ0v) is 15.6. The summed E-state index contributed by atoms with van der Waals surface area (Å²) in [7, 11) is 0. The number of aromatic nitrogens is 4. The van der Waals surface area contributed by atoms with Crippen LogP contribution >= 0.6 is 0 Å². The molecule has 5 rings (SSSR count). The lowest BCUT2D eigenvalue weighted by Gasteiger charge is -2.34. The maximum absolute atomic E-state index is 14.2. The Bertz CT molecular complexity index is 1110. The molecule has 3 aromatic rings. The van der Waals surface area contributed by atoms with Crippen LogP contribution in [0.2, 0.25) is 0 Å². The third kappa shape index (κ3) is 2.21. The highest BCUT2D eigenvalue weighted by atomic mass is 19.3. The van der Waals surface area contributed by atoms with Gasteiger partial charge in [-0.2, -0.15) is 13.9 Å². The van der Waals surface area contributed by atoms with Crippen LogP contribution in [0.5, 0.6) is 0 Å². The van der Waals surface area contributed by atoms with Crippen molar-refractivity contribution in [2.45, 2.75) is 44.4 Å². The Hall–Kier alpha value is -2.84. The molecule has 2 aromatic heterocycles. The van der Waals surface area contributed by atoms with Crippen molar-refractivity contribution < 1.29 is 22.0 Å². The quantitative estimate of drug-likeness (QED) is 0.578. The molecule has 2 aliphatic carbocycles. The Morgan fingerprint density at radius 2 is 1.79 bits per heavy atom. The molecule has 150 valence electrons. The number of hydrogen-bond acceptors (Lipinski definition) is 5. The Labute approximate surface area is 163 Å². The van der Waals surface area contributed by atoms with Gasteiger partial charge in [0.1, 0.15) is 11.6 Å². The first-order valence-corrected chi connectivity index (χ1v) is 9.22. The Morgan fingerprint density at radius 3 is 2.45 bits per heavy atom. The van der Waals surface area contributed by atoms with Gasteiger partial charge in [0.15, 0.2) is 0 Å². The number of alkyl halides is 2. The SMILES string of the molecule is CC1(C)[C@H]2CC[C@]1(c1nnc(C(F)F)o1)c1nnc(-c3c(F)cccc3F)cc12. The molecule has 5 nitrogen and oxygen atoms in total. The molecule has 0 saturated heterocycles. The fraction of sp³-hybridized carbons (Fsp3) is 0.400. The second-order valence-electron chi connectivity index (χ2n) is 8.09. The van der Waals surface area contributed by atoms with Crippen molar-refractivity contribution in [2.24, 2.45) is 5.41 Å². The molecule has 0 unspecified atom stereocenters. The molecule has 29 heavy (non-hydrogen) atoms. The molecule has 2 aliphatic rings. The molecule has 0 radical (unpaired) electrons. The normalized spacial score (nSPS) is 24.3. The lowest BCUT2D eigenvalue weighted by Crippen LogP contribution is -2.37. The van der Waals surface area contributed by atoms with Crippen molar-refractivity contribution in [2.75, 3.05) is 0 Å². The first kappa shape index (κ1) is 18.2. The molecular weight excluding hydrogens is 388 g/mol. The highest BCUT2D eigenvalue weighted by Crippen LogP contribution is 2.69. The van der Waals surface area contributed by atoms with E-state index in [0.29, 0.717) is 12.1 Å². The summed E-state index contributed by atoms with van der Waals surface area (Å²) < 4.78 is 59.8. The van der Waals surface area contributed by atoms with Crippen LogP contribution < -0.4 is 0 Å². The van der Waals surface area contributed by atoms with Gasteiger partial charge in [0.05, 0.1) is 22.4 Å². The largest absolute Gasteiger partial charge is 0.419 e. The molecule has 1 fully saturated rings. The Balaban J connectivity index is 1.70. The molecule has 1 aromatic carbocycles. The van der Waals surface area contributed by atoms with E-state index in [4.69, 9.17) is 4.42 Å². The summed E-state index contributed by atoms with van der Waals surface area (Å²) in [5.74, 6) is -2.12. The fourth-order valence-electron chi connectivity index (χ4n) is 5.16. The van der Waals surface area contributed by atoms with Gasteiger partial charge in [-0.3, -0.25) is 0 Å². The van der Waals surface area contributed by atoms with Crippen LogP contribution in [-0.4, -0.2) is 20.4 Å². The number of hydrogen-bond donors (Lipinski definition) is 0. The van der Waals surface area contributed by atoms with E-state index in [1.165, 1.54) is 6.07 Å². The van der Waals surface area contributed by atoms with Crippen LogP contribution in [0.1, 0.15) is 62.1 Å². The highest BCUT2D eigenvalue weighted by molar-refractivity contribution is 5.63. The molecule has 1 saturated carbocycles. The monoisotopic (exact) mass is 404 g/mol. The zero-order chi connectivity index (χ0) is 20.6. The van der Waals surface area contributed by atoms with E-state index in [1.807, 2.05) is 13.8 Å². The van der Waals surface area contributed by atoms with Crippen LogP contribution in [0.15, 0.2) is 28.7 Å². The van der Waals surface area contributed by atoms with Crippen molar-refractivity contribution in [3.05, 3.63) is 58.9 Å². The van der Waals surface area contributed by atoms with Crippen LogP contribution in [0.4, 0.5) is 17.6 Å². The van der Waals surface area contributed by atoms with Gasteiger partial charge in [0.25, 0.3) is 5.89 Å². The van der Waals surface area contributed by atoms with Gasteiger partial charge >= 0.3 is 6.43 Å². The highest BCUT2D eigenvalue weighted by Gasteiger charge is 2.67. The zero-order valence-electron chi connectivity index (χ0n) is 15.6. The van der Waals surface area contributed by atoms with Crippen LogP contribution in [0, 0.1) is 17.0 Å². The number of benzene rings is 1. The third-order valence-electron chi connectivity index (χ3n) is 6.59. The standard InChI is InChI=1S/C20H16F4N4O/c1-19(2)10-6-7-20(19,18-28-27-17(29-18)16(23)24)15-9(10)8-13(25-26-15)14-11(21)4-3-5-12(14)22/h3-5,8,10,16H,6-7H2,1-2H3/t10-,20+/m0/s1. The van der Waals surface area contributed by atoms with Crippen molar-refractivity contribution in [1.29, 1.82) is 0 Å². The van der Waals surface area contributed by atoms with E-state index < -0.39 is 34.8 Å². The minimum atomic E-state index is -2.87. The van der Waals surface area contributed by atoms with Gasteiger partial charge in [-0.25, -0.2) is 8.78 Å². The van der Waals surface area contributed by atoms with Gasteiger partial charge in [-0.05, 0) is 47.9 Å². The molecular formula is C20H16F4N4O. The molecule has 0 amide bonds. The number of rotatable bonds is 3. The summed E-state index contributed by atoms with van der Waals surface area (Å²) in [6, 6.07) is 5.25. The summed E-state index contributed by atoms with van der Waals surface area (Å²) in [6.45, 7) is 3.98. The molecule has 2 bridgehead atoms. The number of fused-ring (bicyclic) bond motifs is 5. The summed E-state index contributed by atoms with van der Waals surface area (Å²) in [5.41, 5.74) is -0.157. The Kier molecular flexibility index (Phi) is 3.66. The maximum Gasteiger partial charge on any atom is 0.314 e. The van der Waals surface area contributed by atoms with Gasteiger partial charge in [-0.15, -0.1) is 15.3 Å². The van der Waals surface area contributed by atoms with Gasteiger partial charge in [-0.1, -0.05) is 19.9 Å². The fourth-order valence-corrected chi connectivity index (χ4v) is 5.16. The molecule has 2 atom stereocenters. The smallest absolute Gasteiger partial charge is 0.314 e. The molecule has 0 N–H and O–H groups in total. The third-order valence-corrected chi connectivity index (χ3v) is 6.59. The van der Waals surface area contributed by atoms with Crippen molar-refractivity contribution in [3.8, 4) is 11.3 Å². The van der Waals surface area contributed by atoms with E-state index in [-0.39, 0.29) is 23.1 Å². The molecule has 0 aliphatic heterocycles. The lowest BCUT2D eigenvalue weighted by molar-refractivity contribution is 0.107. The summed E-state index contributed by atoms with van der Waals surface area (Å²) in [6.07, 6.45) is -1.55. The van der Waals surface area contributed by atoms with Crippen molar-refractivity contribution in [3.63, 3.8) is 0 Å². The van der Waals surface area contributed by atoms with E-state index in [9.17, 15) is 17.6 Å². The summed E-state index contributed by atoms with van der Waals surface area (Å²) >= 11 is 0. The maximum atomic E-state index is 14.2. The van der Waals surface area contributed by atoms with Crippen LogP contribution in [-0.2, 0) is 5.41 Å². The van der Waals surface area contributed by atoms with Gasteiger partial charge in [0.2, 0.25) is 5.89 Å². The average molecular weight is 404 g/mol. The predicted octanol–water partition coefficient (Wildman–Crippen LogP) is 4.95. The van der Waals surface area contributed by atoms with Gasteiger partial charge < -0.3 is 4.42 Å². The average Bonchev–Trinajstić information content (AvgIpc) is 3.30. The molecule has 9 heteroatoms. The minimum absolute atomic E-state index is 0.0107. The van der Waals surface area contributed by atoms with E-state index in [2.05, 4.69) is 20.4 Å². The summed E-state index contributed by atoms with van der Waals surface area (Å²) in [4.78, 5) is 0. The lowest BCUT2D eigenvalue weighted by atomic mass is 9.68. The van der Waals surface area contributed by atoms with Crippen LogP contribution in [0.3, 0.4) is 0 Å². The first-order valence-electron chi connectivity index (χ1n) is 9.22. The van der Waals surface area contributed by atoms with Gasteiger partial charge in [0, 0.05) is 0 Å².